The Bertz CT molecular complexity index is 823. The summed E-state index contributed by atoms with van der Waals surface area (Å²) in [6, 6.07) is 0.350. The van der Waals surface area contributed by atoms with Crippen LogP contribution in [0.4, 0.5) is 0 Å². The van der Waals surface area contributed by atoms with Crippen molar-refractivity contribution in [3.05, 3.63) is 33.1 Å². The number of aromatic nitrogens is 2. The van der Waals surface area contributed by atoms with E-state index in [1.807, 2.05) is 0 Å². The Hall–Kier alpha value is -1.78. The zero-order chi connectivity index (χ0) is 21.0. The molecule has 0 spiro atoms. The fourth-order valence-corrected chi connectivity index (χ4v) is 3.62. The van der Waals surface area contributed by atoms with Gasteiger partial charge >= 0.3 is 11.7 Å². The molecule has 0 aliphatic carbocycles. The first kappa shape index (κ1) is 22.5. The number of aromatic amines is 1. The second kappa shape index (κ2) is 9.62. The van der Waals surface area contributed by atoms with E-state index >= 15 is 0 Å². The Kier molecular flexibility index (Phi) is 7.73. The SMILES string of the molecule is CC(C)OC(=O)[C@H](C)N[PH](=O)OC[C@H]1O[C@@H](n2ccc(=O)[nH]c2=O)[C@@H](C)[C@@H]1O. The maximum absolute atomic E-state index is 12.0. The van der Waals surface area contributed by atoms with Crippen LogP contribution in [0.5, 0.6) is 0 Å². The molecule has 3 N–H and O–H groups in total. The van der Waals surface area contributed by atoms with Crippen LogP contribution < -0.4 is 16.3 Å². The van der Waals surface area contributed by atoms with E-state index in [-0.39, 0.29) is 12.7 Å². The summed E-state index contributed by atoms with van der Waals surface area (Å²) in [7, 11) is -2.80. The van der Waals surface area contributed by atoms with Crippen LogP contribution in [0.15, 0.2) is 21.9 Å². The van der Waals surface area contributed by atoms with Crippen LogP contribution in [-0.4, -0.2) is 51.6 Å². The molecule has 1 fully saturated rings. The van der Waals surface area contributed by atoms with Crippen molar-refractivity contribution < 1.29 is 28.5 Å². The molecule has 158 valence electrons. The fraction of sp³-hybridized carbons (Fsp3) is 0.688. The number of ether oxygens (including phenoxy) is 2. The van der Waals surface area contributed by atoms with E-state index in [4.69, 9.17) is 14.0 Å². The summed E-state index contributed by atoms with van der Waals surface area (Å²) in [6.07, 6.45) is -1.65. The lowest BCUT2D eigenvalue weighted by atomic mass is 10.0. The second-order valence-corrected chi connectivity index (χ2v) is 8.03. The minimum absolute atomic E-state index is 0.211. The molecule has 12 heteroatoms. The average molecular weight is 419 g/mol. The van der Waals surface area contributed by atoms with Crippen LogP contribution in [0.1, 0.15) is 33.9 Å². The van der Waals surface area contributed by atoms with Gasteiger partial charge in [0, 0.05) is 18.2 Å². The third-order valence-corrected chi connectivity index (χ3v) is 5.32. The molecule has 1 unspecified atom stereocenters. The van der Waals surface area contributed by atoms with E-state index < -0.39 is 55.8 Å². The van der Waals surface area contributed by atoms with Crippen molar-refractivity contribution in [2.75, 3.05) is 6.61 Å². The van der Waals surface area contributed by atoms with Crippen molar-refractivity contribution in [1.82, 2.24) is 14.6 Å². The first-order valence-electron chi connectivity index (χ1n) is 8.89. The highest BCUT2D eigenvalue weighted by molar-refractivity contribution is 7.36. The fourth-order valence-electron chi connectivity index (χ4n) is 2.74. The van der Waals surface area contributed by atoms with E-state index in [1.54, 1.807) is 20.8 Å². The van der Waals surface area contributed by atoms with Crippen LogP contribution in [0.25, 0.3) is 0 Å². The topological polar surface area (TPSA) is 149 Å². The smallest absolute Gasteiger partial charge is 0.330 e. The van der Waals surface area contributed by atoms with Crippen molar-refractivity contribution >= 4 is 14.1 Å². The van der Waals surface area contributed by atoms with E-state index in [1.165, 1.54) is 23.8 Å². The third kappa shape index (κ3) is 5.62. The summed E-state index contributed by atoms with van der Waals surface area (Å²) >= 11 is 0. The molecule has 0 bridgehead atoms. The minimum Gasteiger partial charge on any atom is -0.462 e. The lowest BCUT2D eigenvalue weighted by molar-refractivity contribution is -0.149. The average Bonchev–Trinajstić information content (AvgIpc) is 2.87. The second-order valence-electron chi connectivity index (χ2n) is 6.88. The minimum atomic E-state index is -2.80. The van der Waals surface area contributed by atoms with Crippen molar-refractivity contribution in [2.24, 2.45) is 5.92 Å². The Morgan fingerprint density at radius 2 is 2.11 bits per heavy atom. The highest BCUT2D eigenvalue weighted by Gasteiger charge is 2.42. The number of aliphatic hydroxyl groups excluding tert-OH is 1. The number of H-pyrrole nitrogens is 1. The van der Waals surface area contributed by atoms with E-state index in [9.17, 15) is 24.1 Å². The maximum Gasteiger partial charge on any atom is 0.330 e. The molecule has 0 aromatic carbocycles. The van der Waals surface area contributed by atoms with Gasteiger partial charge in [0.2, 0.25) is 0 Å². The highest BCUT2D eigenvalue weighted by Crippen LogP contribution is 2.34. The molecule has 1 aliphatic rings. The summed E-state index contributed by atoms with van der Waals surface area (Å²) in [4.78, 5) is 37.0. The van der Waals surface area contributed by atoms with Crippen LogP contribution in [-0.2, 0) is 23.4 Å². The Morgan fingerprint density at radius 3 is 2.71 bits per heavy atom. The lowest BCUT2D eigenvalue weighted by Gasteiger charge is -2.18. The quantitative estimate of drug-likeness (QED) is 0.383. The number of hydrogen-bond donors (Lipinski definition) is 3. The van der Waals surface area contributed by atoms with Gasteiger partial charge in [-0.05, 0) is 20.8 Å². The van der Waals surface area contributed by atoms with Gasteiger partial charge < -0.3 is 19.1 Å². The highest BCUT2D eigenvalue weighted by atomic mass is 31.1. The molecule has 0 amide bonds. The van der Waals surface area contributed by atoms with Crippen LogP contribution in [0.3, 0.4) is 0 Å². The zero-order valence-corrected chi connectivity index (χ0v) is 17.1. The third-order valence-electron chi connectivity index (χ3n) is 4.23. The molecule has 1 aliphatic heterocycles. The monoisotopic (exact) mass is 419 g/mol. The molecule has 0 radical (unpaired) electrons. The molecule has 6 atom stereocenters. The van der Waals surface area contributed by atoms with Crippen LogP contribution in [0, 0.1) is 5.92 Å². The summed E-state index contributed by atoms with van der Waals surface area (Å²) in [5, 5.41) is 12.8. The van der Waals surface area contributed by atoms with Crippen molar-refractivity contribution in [3.8, 4) is 0 Å². The van der Waals surface area contributed by atoms with Gasteiger partial charge in [-0.25, -0.2) is 9.88 Å². The van der Waals surface area contributed by atoms with Crippen molar-refractivity contribution in [3.63, 3.8) is 0 Å². The molecule has 0 saturated carbocycles. The molecular weight excluding hydrogens is 393 g/mol. The molecule has 1 saturated heterocycles. The number of carbonyl (C=O) groups excluding carboxylic acids is 1. The summed E-state index contributed by atoms with van der Waals surface area (Å²) in [6.45, 7) is 6.37. The molecule has 11 nitrogen and oxygen atoms in total. The standard InChI is InChI=1S/C16H26N3O8P/c1-8(2)26-15(22)10(4)18-28(24)25-7-11-13(21)9(3)14(27-11)19-6-5-12(20)17-16(19)23/h5-6,8-11,13-14,21,28H,7H2,1-4H3,(H,18,24)(H,17,20,23)/t9-,10-,11+,13-,14+/m0/s1. The predicted molar refractivity (Wildman–Crippen MR) is 99.2 cm³/mol. The first-order chi connectivity index (χ1) is 13.1. The van der Waals surface area contributed by atoms with Gasteiger partial charge in [-0.15, -0.1) is 0 Å². The number of nitrogens with zero attached hydrogens (tertiary/aromatic N) is 1. The molecular formula is C16H26N3O8P. The number of carbonyl (C=O) groups is 1. The first-order valence-corrected chi connectivity index (χ1v) is 10.2. The van der Waals surface area contributed by atoms with Gasteiger partial charge in [0.1, 0.15) is 18.4 Å². The van der Waals surface area contributed by atoms with Crippen LogP contribution in [0.2, 0.25) is 0 Å². The number of rotatable bonds is 8. The Balaban J connectivity index is 1.92. The van der Waals surface area contributed by atoms with Crippen molar-refractivity contribution in [1.29, 1.82) is 0 Å². The molecule has 1 aromatic heterocycles. The van der Waals surface area contributed by atoms with E-state index in [0.717, 1.165) is 0 Å². The Morgan fingerprint density at radius 1 is 1.43 bits per heavy atom. The van der Waals surface area contributed by atoms with Gasteiger partial charge in [0.15, 0.2) is 0 Å². The lowest BCUT2D eigenvalue weighted by Crippen LogP contribution is -2.34. The van der Waals surface area contributed by atoms with Gasteiger partial charge in [-0.1, -0.05) is 6.92 Å². The molecule has 28 heavy (non-hydrogen) atoms. The molecule has 2 rings (SSSR count). The molecule has 1 aromatic rings. The van der Waals surface area contributed by atoms with Gasteiger partial charge in [-0.2, -0.15) is 0 Å². The van der Waals surface area contributed by atoms with Gasteiger partial charge in [0.25, 0.3) is 13.7 Å². The normalized spacial score (nSPS) is 26.9. The maximum atomic E-state index is 12.0. The Labute approximate surface area is 161 Å². The number of hydrogen-bond acceptors (Lipinski definition) is 8. The van der Waals surface area contributed by atoms with Gasteiger partial charge in [-0.3, -0.25) is 23.7 Å². The number of aliphatic hydroxyl groups is 1. The van der Waals surface area contributed by atoms with E-state index in [2.05, 4.69) is 10.1 Å². The summed E-state index contributed by atoms with van der Waals surface area (Å²) in [5.41, 5.74) is -1.20. The van der Waals surface area contributed by atoms with Gasteiger partial charge in [0.05, 0.1) is 18.8 Å². The number of nitrogens with one attached hydrogen (secondary N) is 2. The largest absolute Gasteiger partial charge is 0.462 e. The molecule has 2 heterocycles. The number of esters is 1. The van der Waals surface area contributed by atoms with Crippen LogP contribution >= 0.6 is 8.18 Å². The zero-order valence-electron chi connectivity index (χ0n) is 16.1. The van der Waals surface area contributed by atoms with Crippen molar-refractivity contribution in [2.45, 2.75) is 58.3 Å². The summed E-state index contributed by atoms with van der Waals surface area (Å²) in [5.74, 6) is -1.03. The van der Waals surface area contributed by atoms with E-state index in [0.29, 0.717) is 0 Å². The summed E-state index contributed by atoms with van der Waals surface area (Å²) < 4.78 is 29.1. The predicted octanol–water partition coefficient (Wildman–Crippen LogP) is -0.233.